The Morgan fingerprint density at radius 2 is 1.88 bits per heavy atom. The van der Waals surface area contributed by atoms with E-state index in [-0.39, 0.29) is 24.2 Å². The third kappa shape index (κ3) is 4.56. The van der Waals surface area contributed by atoms with Crippen LogP contribution in [0.1, 0.15) is 44.2 Å². The summed E-state index contributed by atoms with van der Waals surface area (Å²) in [5, 5.41) is 3.90. The van der Waals surface area contributed by atoms with Crippen LogP contribution >= 0.6 is 23.2 Å². The maximum atomic E-state index is 12.6. The van der Waals surface area contributed by atoms with E-state index in [1.807, 2.05) is 31.0 Å². The first-order valence-corrected chi connectivity index (χ1v) is 9.98. The summed E-state index contributed by atoms with van der Waals surface area (Å²) in [5.41, 5.74) is 0.796. The van der Waals surface area contributed by atoms with Gasteiger partial charge < -0.3 is 19.9 Å². The normalized spacial score (nSPS) is 19.9. The van der Waals surface area contributed by atoms with Crippen LogP contribution in [0.5, 0.6) is 5.75 Å². The molecule has 1 aliphatic heterocycles. The Kier molecular flexibility index (Phi) is 6.21. The minimum atomic E-state index is -0.240. The van der Waals surface area contributed by atoms with Crippen molar-refractivity contribution in [2.75, 3.05) is 27.2 Å². The number of piperidine rings is 1. The van der Waals surface area contributed by atoms with Crippen LogP contribution in [0.2, 0.25) is 10.0 Å². The molecule has 2 aliphatic rings. The number of halogens is 2. The first-order valence-electron chi connectivity index (χ1n) is 9.23. The van der Waals surface area contributed by atoms with E-state index >= 15 is 0 Å². The molecular formula is C19H27Cl2N3O2. The molecular weight excluding hydrogens is 373 g/mol. The monoisotopic (exact) mass is 399 g/mol. The number of urea groups is 1. The zero-order chi connectivity index (χ0) is 18.8. The van der Waals surface area contributed by atoms with Gasteiger partial charge in [-0.1, -0.05) is 29.3 Å². The fraction of sp³-hybridized carbons (Fsp3) is 0.632. The molecule has 3 rings (SSSR count). The molecule has 1 aromatic carbocycles. The van der Waals surface area contributed by atoms with Gasteiger partial charge in [0.15, 0.2) is 0 Å². The van der Waals surface area contributed by atoms with E-state index in [0.717, 1.165) is 44.3 Å². The zero-order valence-corrected chi connectivity index (χ0v) is 17.1. The number of ether oxygens (including phenoxy) is 1. The number of hydrogen-bond acceptors (Lipinski definition) is 3. The van der Waals surface area contributed by atoms with Gasteiger partial charge in [-0.3, -0.25) is 0 Å². The van der Waals surface area contributed by atoms with Gasteiger partial charge >= 0.3 is 6.03 Å². The number of amides is 2. The Morgan fingerprint density at radius 1 is 1.23 bits per heavy atom. The molecule has 144 valence electrons. The first-order chi connectivity index (χ1) is 12.4. The lowest BCUT2D eigenvalue weighted by molar-refractivity contribution is 0.146. The van der Waals surface area contributed by atoms with Crippen molar-refractivity contribution in [2.45, 2.75) is 50.8 Å². The predicted molar refractivity (Wildman–Crippen MR) is 105 cm³/mol. The fourth-order valence-corrected chi connectivity index (χ4v) is 3.79. The topological polar surface area (TPSA) is 44.8 Å². The van der Waals surface area contributed by atoms with Crippen LogP contribution in [0.4, 0.5) is 4.79 Å². The van der Waals surface area contributed by atoms with Crippen molar-refractivity contribution < 1.29 is 9.53 Å². The second kappa shape index (κ2) is 8.24. The summed E-state index contributed by atoms with van der Waals surface area (Å²) in [5.74, 6) is 0.616. The molecule has 2 fully saturated rings. The smallest absolute Gasteiger partial charge is 0.317 e. The van der Waals surface area contributed by atoms with Crippen molar-refractivity contribution in [3.63, 3.8) is 0 Å². The lowest BCUT2D eigenvalue weighted by Crippen LogP contribution is -2.48. The highest BCUT2D eigenvalue weighted by Crippen LogP contribution is 2.39. The quantitative estimate of drug-likeness (QED) is 0.800. The van der Waals surface area contributed by atoms with Crippen LogP contribution in [0.3, 0.4) is 0 Å². The van der Waals surface area contributed by atoms with E-state index in [0.29, 0.717) is 15.8 Å². The predicted octanol–water partition coefficient (Wildman–Crippen LogP) is 4.33. The molecule has 5 nitrogen and oxygen atoms in total. The van der Waals surface area contributed by atoms with E-state index in [1.54, 1.807) is 0 Å². The van der Waals surface area contributed by atoms with Gasteiger partial charge in [-0.15, -0.1) is 0 Å². The number of carbonyl (C=O) groups is 1. The van der Waals surface area contributed by atoms with Gasteiger partial charge in [-0.25, -0.2) is 4.79 Å². The van der Waals surface area contributed by atoms with Crippen LogP contribution in [0.25, 0.3) is 0 Å². The highest BCUT2D eigenvalue weighted by atomic mass is 35.5. The second-order valence-corrected chi connectivity index (χ2v) is 8.17. The van der Waals surface area contributed by atoms with Crippen LogP contribution in [-0.2, 0) is 0 Å². The molecule has 1 N–H and O–H groups in total. The largest absolute Gasteiger partial charge is 0.489 e. The number of nitrogens with zero attached hydrogens (tertiary/aromatic N) is 2. The van der Waals surface area contributed by atoms with E-state index in [4.69, 9.17) is 27.9 Å². The Balaban J connectivity index is 1.62. The minimum absolute atomic E-state index is 0.0856. The summed E-state index contributed by atoms with van der Waals surface area (Å²) >= 11 is 12.8. The standard InChI is InChI=1S/C19H27Cl2N3O2/c1-12(22-19(25)24(3)13-8-10-23(2)11-9-13)15-6-7-16(18(21)17(15)20)26-14-4-5-14/h6-7,12-14H,4-5,8-11H2,1-3H3,(H,22,25). The second-order valence-electron chi connectivity index (χ2n) is 7.41. The average Bonchev–Trinajstić information content (AvgIpc) is 3.43. The average molecular weight is 400 g/mol. The number of likely N-dealkylation sites (tertiary alicyclic amines) is 1. The number of carbonyl (C=O) groups excluding carboxylic acids is 1. The van der Waals surface area contributed by atoms with Crippen LogP contribution < -0.4 is 10.1 Å². The lowest BCUT2D eigenvalue weighted by Gasteiger charge is -2.35. The molecule has 1 heterocycles. The van der Waals surface area contributed by atoms with Crippen molar-refractivity contribution >= 4 is 29.2 Å². The van der Waals surface area contributed by atoms with Crippen molar-refractivity contribution in [1.29, 1.82) is 0 Å². The van der Waals surface area contributed by atoms with Gasteiger partial charge in [0.2, 0.25) is 0 Å². The molecule has 0 spiro atoms. The van der Waals surface area contributed by atoms with Gasteiger partial charge in [-0.05, 0) is 64.4 Å². The molecule has 1 aromatic rings. The number of nitrogens with one attached hydrogen (secondary N) is 1. The van der Waals surface area contributed by atoms with Crippen molar-refractivity contribution in [3.8, 4) is 5.75 Å². The van der Waals surface area contributed by atoms with E-state index in [1.165, 1.54) is 0 Å². The van der Waals surface area contributed by atoms with Gasteiger partial charge in [0, 0.05) is 13.1 Å². The summed E-state index contributed by atoms with van der Waals surface area (Å²) in [6.07, 6.45) is 4.37. The third-order valence-electron chi connectivity index (χ3n) is 5.26. The Morgan fingerprint density at radius 3 is 2.50 bits per heavy atom. The highest BCUT2D eigenvalue weighted by Gasteiger charge is 2.27. The molecule has 26 heavy (non-hydrogen) atoms. The molecule has 0 radical (unpaired) electrons. The van der Waals surface area contributed by atoms with Gasteiger partial charge in [0.05, 0.1) is 17.2 Å². The van der Waals surface area contributed by atoms with Crippen LogP contribution in [0.15, 0.2) is 12.1 Å². The van der Waals surface area contributed by atoms with Crippen molar-refractivity contribution in [1.82, 2.24) is 15.1 Å². The maximum Gasteiger partial charge on any atom is 0.317 e. The van der Waals surface area contributed by atoms with Crippen LogP contribution in [0, 0.1) is 0 Å². The molecule has 0 aromatic heterocycles. The van der Waals surface area contributed by atoms with Gasteiger partial charge in [0.25, 0.3) is 0 Å². The Labute approximate surface area is 165 Å². The summed E-state index contributed by atoms with van der Waals surface area (Å²) in [4.78, 5) is 16.7. The number of benzene rings is 1. The van der Waals surface area contributed by atoms with Gasteiger partial charge in [0.1, 0.15) is 10.8 Å². The molecule has 1 aliphatic carbocycles. The molecule has 1 atom stereocenters. The zero-order valence-electron chi connectivity index (χ0n) is 15.6. The van der Waals surface area contributed by atoms with Crippen molar-refractivity contribution in [2.24, 2.45) is 0 Å². The highest BCUT2D eigenvalue weighted by molar-refractivity contribution is 6.43. The fourth-order valence-electron chi connectivity index (χ4n) is 3.25. The summed E-state index contributed by atoms with van der Waals surface area (Å²) < 4.78 is 5.76. The number of hydrogen-bond donors (Lipinski definition) is 1. The van der Waals surface area contributed by atoms with E-state index in [2.05, 4.69) is 17.3 Å². The van der Waals surface area contributed by atoms with E-state index in [9.17, 15) is 4.79 Å². The van der Waals surface area contributed by atoms with E-state index < -0.39 is 0 Å². The van der Waals surface area contributed by atoms with Gasteiger partial charge in [-0.2, -0.15) is 0 Å². The number of rotatable bonds is 5. The Bertz CT molecular complexity index is 658. The molecule has 7 heteroatoms. The first kappa shape index (κ1) is 19.6. The van der Waals surface area contributed by atoms with Crippen LogP contribution in [-0.4, -0.2) is 55.2 Å². The Hall–Kier alpha value is -1.17. The summed E-state index contributed by atoms with van der Waals surface area (Å²) in [7, 11) is 3.97. The van der Waals surface area contributed by atoms with Crippen molar-refractivity contribution in [3.05, 3.63) is 27.7 Å². The summed E-state index contributed by atoms with van der Waals surface area (Å²) in [6, 6.07) is 3.66. The third-order valence-corrected chi connectivity index (χ3v) is 6.14. The molecule has 1 saturated carbocycles. The molecule has 2 amide bonds. The summed E-state index contributed by atoms with van der Waals surface area (Å²) in [6.45, 7) is 3.95. The minimum Gasteiger partial charge on any atom is -0.489 e. The maximum absolute atomic E-state index is 12.6. The lowest BCUT2D eigenvalue weighted by atomic mass is 10.0. The SMILES string of the molecule is CC(NC(=O)N(C)C1CCN(C)CC1)c1ccc(OC2CC2)c(Cl)c1Cl. The molecule has 1 unspecified atom stereocenters. The molecule has 1 saturated heterocycles. The molecule has 0 bridgehead atoms.